The van der Waals surface area contributed by atoms with Gasteiger partial charge in [-0.1, -0.05) is 6.92 Å². The molecule has 0 amide bonds. The molecule has 0 unspecified atom stereocenters. The van der Waals surface area contributed by atoms with Gasteiger partial charge in [0.1, 0.15) is 0 Å². The molecule has 0 fully saturated rings. The highest BCUT2D eigenvalue weighted by molar-refractivity contribution is 7.80. The SMILES string of the molecule is CCOC(=S)N1NC=CC=C1CC. The minimum Gasteiger partial charge on any atom is -0.470 e. The minimum absolute atomic E-state index is 0.472. The second kappa shape index (κ2) is 4.87. The van der Waals surface area contributed by atoms with Crippen LogP contribution < -0.4 is 5.43 Å². The van der Waals surface area contributed by atoms with E-state index in [1.54, 1.807) is 5.01 Å². The van der Waals surface area contributed by atoms with Crippen LogP contribution in [0.25, 0.3) is 0 Å². The molecular formula is C9H14N2OS. The van der Waals surface area contributed by atoms with Crippen molar-refractivity contribution in [2.45, 2.75) is 20.3 Å². The number of thiocarbonyl (C=S) groups is 1. The fourth-order valence-corrected chi connectivity index (χ4v) is 1.36. The summed E-state index contributed by atoms with van der Waals surface area (Å²) in [6.45, 7) is 4.59. The van der Waals surface area contributed by atoms with Crippen molar-refractivity contribution in [2.75, 3.05) is 6.61 Å². The molecule has 0 atom stereocenters. The third-order valence-corrected chi connectivity index (χ3v) is 1.99. The summed E-state index contributed by atoms with van der Waals surface area (Å²) in [6.07, 6.45) is 6.71. The number of nitrogens with one attached hydrogen (secondary N) is 1. The van der Waals surface area contributed by atoms with Crippen molar-refractivity contribution in [2.24, 2.45) is 0 Å². The molecule has 1 heterocycles. The summed E-state index contributed by atoms with van der Waals surface area (Å²) < 4.78 is 5.23. The van der Waals surface area contributed by atoms with Crippen LogP contribution in [0.15, 0.2) is 24.0 Å². The maximum atomic E-state index is 5.23. The lowest BCUT2D eigenvalue weighted by Crippen LogP contribution is -2.40. The largest absolute Gasteiger partial charge is 0.470 e. The smallest absolute Gasteiger partial charge is 0.282 e. The molecular weight excluding hydrogens is 184 g/mol. The van der Waals surface area contributed by atoms with E-state index in [1.165, 1.54) is 0 Å². The van der Waals surface area contributed by atoms with Crippen LogP contribution in [-0.2, 0) is 4.74 Å². The number of hydrogen-bond acceptors (Lipinski definition) is 3. The van der Waals surface area contributed by atoms with E-state index in [2.05, 4.69) is 12.3 Å². The molecule has 0 saturated heterocycles. The zero-order chi connectivity index (χ0) is 9.68. The van der Waals surface area contributed by atoms with Crippen molar-refractivity contribution in [1.29, 1.82) is 0 Å². The van der Waals surface area contributed by atoms with Gasteiger partial charge >= 0.3 is 0 Å². The molecule has 1 N–H and O–H groups in total. The van der Waals surface area contributed by atoms with Gasteiger partial charge in [-0.25, -0.2) is 5.01 Å². The third-order valence-electron chi connectivity index (χ3n) is 1.69. The van der Waals surface area contributed by atoms with Crippen LogP contribution in [0, 0.1) is 0 Å². The summed E-state index contributed by atoms with van der Waals surface area (Å²) in [5.74, 6) is 0. The van der Waals surface area contributed by atoms with Gasteiger partial charge in [-0.15, -0.1) is 0 Å². The predicted octanol–water partition coefficient (Wildman–Crippen LogP) is 1.94. The number of hydrazine groups is 1. The van der Waals surface area contributed by atoms with Crippen molar-refractivity contribution >= 4 is 17.4 Å². The maximum absolute atomic E-state index is 5.23. The van der Waals surface area contributed by atoms with Gasteiger partial charge < -0.3 is 4.74 Å². The second-order valence-corrected chi connectivity index (χ2v) is 2.88. The summed E-state index contributed by atoms with van der Waals surface area (Å²) in [6, 6.07) is 0. The molecule has 0 radical (unpaired) electrons. The molecule has 1 rings (SSSR count). The Morgan fingerprint density at radius 3 is 3.00 bits per heavy atom. The molecule has 0 bridgehead atoms. The number of ether oxygens (including phenoxy) is 1. The van der Waals surface area contributed by atoms with E-state index in [-0.39, 0.29) is 0 Å². The van der Waals surface area contributed by atoms with Crippen molar-refractivity contribution < 1.29 is 4.74 Å². The van der Waals surface area contributed by atoms with E-state index in [4.69, 9.17) is 17.0 Å². The van der Waals surface area contributed by atoms with Gasteiger partial charge in [0.15, 0.2) is 0 Å². The van der Waals surface area contributed by atoms with Gasteiger partial charge in [-0.05, 0) is 37.7 Å². The van der Waals surface area contributed by atoms with Gasteiger partial charge in [-0.2, -0.15) is 0 Å². The third kappa shape index (κ3) is 2.45. The molecule has 0 saturated carbocycles. The molecule has 1 aliphatic rings. The van der Waals surface area contributed by atoms with Crippen molar-refractivity contribution in [3.63, 3.8) is 0 Å². The fraction of sp³-hybridized carbons (Fsp3) is 0.444. The second-order valence-electron chi connectivity index (χ2n) is 2.53. The zero-order valence-corrected chi connectivity index (χ0v) is 8.73. The van der Waals surface area contributed by atoms with E-state index in [1.807, 2.05) is 25.3 Å². The van der Waals surface area contributed by atoms with Crippen molar-refractivity contribution in [3.05, 3.63) is 24.0 Å². The van der Waals surface area contributed by atoms with Gasteiger partial charge in [0.05, 0.1) is 6.61 Å². The summed E-state index contributed by atoms with van der Waals surface area (Å²) in [5.41, 5.74) is 4.13. The van der Waals surface area contributed by atoms with Crippen LogP contribution in [0.3, 0.4) is 0 Å². The van der Waals surface area contributed by atoms with Gasteiger partial charge in [0, 0.05) is 11.9 Å². The first-order valence-electron chi connectivity index (χ1n) is 4.38. The Labute approximate surface area is 84.0 Å². The number of allylic oxidation sites excluding steroid dienone is 3. The van der Waals surface area contributed by atoms with E-state index < -0.39 is 0 Å². The molecule has 0 aromatic carbocycles. The first-order valence-corrected chi connectivity index (χ1v) is 4.79. The van der Waals surface area contributed by atoms with Crippen LogP contribution in [0.5, 0.6) is 0 Å². The predicted molar refractivity (Wildman–Crippen MR) is 56.7 cm³/mol. The monoisotopic (exact) mass is 198 g/mol. The molecule has 0 spiro atoms. The maximum Gasteiger partial charge on any atom is 0.282 e. The summed E-state index contributed by atoms with van der Waals surface area (Å²) in [4.78, 5) is 0. The van der Waals surface area contributed by atoms with E-state index in [0.717, 1.165) is 12.1 Å². The van der Waals surface area contributed by atoms with Gasteiger partial charge in [0.2, 0.25) is 0 Å². The van der Waals surface area contributed by atoms with E-state index in [9.17, 15) is 0 Å². The highest BCUT2D eigenvalue weighted by Crippen LogP contribution is 2.11. The zero-order valence-electron chi connectivity index (χ0n) is 7.91. The standard InChI is InChI=1S/C9H14N2OS/c1-3-8-6-5-7-10-11(8)9(13)12-4-2/h5-7,10H,3-4H2,1-2H3. The number of nitrogens with zero attached hydrogens (tertiary/aromatic N) is 1. The van der Waals surface area contributed by atoms with Crippen LogP contribution in [-0.4, -0.2) is 16.8 Å². The summed E-state index contributed by atoms with van der Waals surface area (Å²) >= 11 is 5.08. The first-order chi connectivity index (χ1) is 6.29. The fourth-order valence-electron chi connectivity index (χ4n) is 1.07. The lowest BCUT2D eigenvalue weighted by molar-refractivity contribution is 0.254. The highest BCUT2D eigenvalue weighted by Gasteiger charge is 2.14. The number of hydrogen-bond donors (Lipinski definition) is 1. The van der Waals surface area contributed by atoms with Crippen LogP contribution in [0.4, 0.5) is 0 Å². The molecule has 1 aliphatic heterocycles. The highest BCUT2D eigenvalue weighted by atomic mass is 32.1. The Balaban J connectivity index is 2.64. The Morgan fingerprint density at radius 2 is 2.38 bits per heavy atom. The average Bonchev–Trinajstić information content (AvgIpc) is 2.18. The molecule has 0 aromatic heterocycles. The van der Waals surface area contributed by atoms with Gasteiger partial charge in [0.25, 0.3) is 5.17 Å². The summed E-state index contributed by atoms with van der Waals surface area (Å²) in [7, 11) is 0. The van der Waals surface area contributed by atoms with Crippen molar-refractivity contribution in [1.82, 2.24) is 10.4 Å². The Morgan fingerprint density at radius 1 is 1.62 bits per heavy atom. The molecule has 72 valence electrons. The summed E-state index contributed by atoms with van der Waals surface area (Å²) in [5, 5.41) is 2.25. The van der Waals surface area contributed by atoms with Gasteiger partial charge in [-0.3, -0.25) is 5.43 Å². The Kier molecular flexibility index (Phi) is 3.76. The van der Waals surface area contributed by atoms with E-state index in [0.29, 0.717) is 11.8 Å². The molecule has 4 heteroatoms. The first kappa shape index (κ1) is 10.1. The number of rotatable bonds is 2. The Hall–Kier alpha value is -1.03. The minimum atomic E-state index is 0.472. The topological polar surface area (TPSA) is 24.5 Å². The molecule has 13 heavy (non-hydrogen) atoms. The average molecular weight is 198 g/mol. The van der Waals surface area contributed by atoms with Crippen LogP contribution in [0.1, 0.15) is 20.3 Å². The normalized spacial score (nSPS) is 14.9. The van der Waals surface area contributed by atoms with Crippen LogP contribution >= 0.6 is 12.2 Å². The lowest BCUT2D eigenvalue weighted by Gasteiger charge is -2.27. The lowest BCUT2D eigenvalue weighted by atomic mass is 10.3. The quantitative estimate of drug-likeness (QED) is 0.685. The molecule has 0 aliphatic carbocycles. The molecule has 3 nitrogen and oxygen atoms in total. The Bertz CT molecular complexity index is 248. The van der Waals surface area contributed by atoms with Crippen LogP contribution in [0.2, 0.25) is 0 Å². The molecule has 0 aromatic rings. The van der Waals surface area contributed by atoms with Crippen molar-refractivity contribution in [3.8, 4) is 0 Å². The van der Waals surface area contributed by atoms with E-state index >= 15 is 0 Å².